The highest BCUT2D eigenvalue weighted by Crippen LogP contribution is 2.12. The third kappa shape index (κ3) is 3.98. The van der Waals surface area contributed by atoms with Crippen LogP contribution in [-0.4, -0.2) is 41.1 Å². The first-order valence-electron chi connectivity index (χ1n) is 6.28. The van der Waals surface area contributed by atoms with Crippen molar-refractivity contribution in [2.24, 2.45) is 0 Å². The zero-order chi connectivity index (χ0) is 14.4. The third-order valence-corrected chi connectivity index (χ3v) is 2.81. The van der Waals surface area contributed by atoms with Gasteiger partial charge < -0.3 is 14.7 Å². The molecule has 1 amide bonds. The van der Waals surface area contributed by atoms with Crippen LogP contribution in [0.3, 0.4) is 0 Å². The van der Waals surface area contributed by atoms with E-state index in [-0.39, 0.29) is 11.7 Å². The lowest BCUT2D eigenvalue weighted by Gasteiger charge is -2.22. The molecule has 0 radical (unpaired) electrons. The van der Waals surface area contributed by atoms with Crippen molar-refractivity contribution in [3.8, 4) is 5.75 Å². The summed E-state index contributed by atoms with van der Waals surface area (Å²) in [7, 11) is 0. The number of carbonyl (C=O) groups is 2. The number of phenols is 1. The molecule has 1 atom stereocenters. The first-order chi connectivity index (χ1) is 8.99. The van der Waals surface area contributed by atoms with Gasteiger partial charge in [0.25, 0.3) is 5.91 Å². The van der Waals surface area contributed by atoms with E-state index >= 15 is 0 Å². The number of nitrogens with zero attached hydrogens (tertiary/aromatic N) is 1. The molecule has 0 aliphatic carbocycles. The quantitative estimate of drug-likeness (QED) is 0.824. The topological polar surface area (TPSA) is 66.8 Å². The number of ether oxygens (including phenoxy) is 1. The molecular weight excluding hydrogens is 246 g/mol. The Balaban J connectivity index is 2.66. The van der Waals surface area contributed by atoms with Crippen molar-refractivity contribution in [1.29, 1.82) is 0 Å². The monoisotopic (exact) mass is 265 g/mol. The summed E-state index contributed by atoms with van der Waals surface area (Å²) in [5.74, 6) is -0.714. The molecule has 19 heavy (non-hydrogen) atoms. The van der Waals surface area contributed by atoms with Crippen LogP contribution in [0.4, 0.5) is 0 Å². The highest BCUT2D eigenvalue weighted by atomic mass is 16.5. The Bertz CT molecular complexity index is 437. The van der Waals surface area contributed by atoms with Crippen LogP contribution >= 0.6 is 0 Å². The second-order valence-electron chi connectivity index (χ2n) is 4.10. The SMILES string of the molecule is CCN(CC)C(=O)[C@@H](C)OC(=O)c1ccc(O)cc1. The van der Waals surface area contributed by atoms with Gasteiger partial charge >= 0.3 is 5.97 Å². The third-order valence-electron chi connectivity index (χ3n) is 2.81. The number of esters is 1. The van der Waals surface area contributed by atoms with Gasteiger partial charge in [0.1, 0.15) is 5.75 Å². The lowest BCUT2D eigenvalue weighted by molar-refractivity contribution is -0.139. The number of hydrogen-bond donors (Lipinski definition) is 1. The maximum absolute atomic E-state index is 11.9. The number of amides is 1. The molecule has 104 valence electrons. The van der Waals surface area contributed by atoms with Gasteiger partial charge in [0.05, 0.1) is 5.56 Å². The summed E-state index contributed by atoms with van der Waals surface area (Å²) in [5.41, 5.74) is 0.303. The zero-order valence-electron chi connectivity index (χ0n) is 11.4. The van der Waals surface area contributed by atoms with Gasteiger partial charge in [0.15, 0.2) is 6.10 Å². The van der Waals surface area contributed by atoms with E-state index in [9.17, 15) is 9.59 Å². The largest absolute Gasteiger partial charge is 0.508 e. The summed E-state index contributed by atoms with van der Waals surface area (Å²) in [5, 5.41) is 9.13. The minimum absolute atomic E-state index is 0.0730. The lowest BCUT2D eigenvalue weighted by atomic mass is 10.2. The number of carbonyl (C=O) groups excluding carboxylic acids is 2. The fourth-order valence-corrected chi connectivity index (χ4v) is 1.67. The number of aromatic hydroxyl groups is 1. The molecule has 1 N–H and O–H groups in total. The number of likely N-dealkylation sites (N-methyl/N-ethyl adjacent to an activating group) is 1. The van der Waals surface area contributed by atoms with Crippen LogP contribution < -0.4 is 0 Å². The van der Waals surface area contributed by atoms with E-state index < -0.39 is 12.1 Å². The van der Waals surface area contributed by atoms with Crippen LogP contribution in [0.5, 0.6) is 5.75 Å². The maximum atomic E-state index is 11.9. The van der Waals surface area contributed by atoms with Gasteiger partial charge in [-0.3, -0.25) is 4.79 Å². The Morgan fingerprint density at radius 2 is 1.74 bits per heavy atom. The number of rotatable bonds is 5. The van der Waals surface area contributed by atoms with Crippen molar-refractivity contribution in [3.63, 3.8) is 0 Å². The number of benzene rings is 1. The van der Waals surface area contributed by atoms with Crippen LogP contribution in [0.1, 0.15) is 31.1 Å². The molecular formula is C14H19NO4. The maximum Gasteiger partial charge on any atom is 0.338 e. The number of hydrogen-bond acceptors (Lipinski definition) is 4. The second-order valence-corrected chi connectivity index (χ2v) is 4.10. The molecule has 1 aromatic rings. The summed E-state index contributed by atoms with van der Waals surface area (Å²) < 4.78 is 5.11. The molecule has 0 saturated carbocycles. The van der Waals surface area contributed by atoms with E-state index in [1.807, 2.05) is 13.8 Å². The van der Waals surface area contributed by atoms with Crippen LogP contribution in [0.25, 0.3) is 0 Å². The Labute approximate surface area is 112 Å². The summed E-state index contributed by atoms with van der Waals surface area (Å²) in [6, 6.07) is 5.69. The predicted octanol–water partition coefficient (Wildman–Crippen LogP) is 1.81. The van der Waals surface area contributed by atoms with Gasteiger partial charge in [-0.05, 0) is 45.0 Å². The van der Waals surface area contributed by atoms with Crippen LogP contribution in [0, 0.1) is 0 Å². The molecule has 0 bridgehead atoms. The van der Waals surface area contributed by atoms with Gasteiger partial charge in [-0.1, -0.05) is 0 Å². The van der Waals surface area contributed by atoms with E-state index in [4.69, 9.17) is 9.84 Å². The summed E-state index contributed by atoms with van der Waals surface area (Å²) in [6.07, 6.45) is -0.818. The molecule has 0 spiro atoms. The smallest absolute Gasteiger partial charge is 0.338 e. The van der Waals surface area contributed by atoms with E-state index in [1.165, 1.54) is 24.3 Å². The predicted molar refractivity (Wildman–Crippen MR) is 70.9 cm³/mol. The molecule has 1 aromatic carbocycles. The summed E-state index contributed by atoms with van der Waals surface area (Å²) in [6.45, 7) is 6.46. The van der Waals surface area contributed by atoms with Crippen LogP contribution in [-0.2, 0) is 9.53 Å². The van der Waals surface area contributed by atoms with E-state index in [0.717, 1.165) is 0 Å². The van der Waals surface area contributed by atoms with Crippen LogP contribution in [0.2, 0.25) is 0 Å². The first-order valence-corrected chi connectivity index (χ1v) is 6.28. The van der Waals surface area contributed by atoms with Gasteiger partial charge in [0.2, 0.25) is 0 Å². The minimum atomic E-state index is -0.818. The molecule has 0 saturated heterocycles. The molecule has 5 nitrogen and oxygen atoms in total. The van der Waals surface area contributed by atoms with Gasteiger partial charge in [0, 0.05) is 13.1 Å². The summed E-state index contributed by atoms with van der Waals surface area (Å²) in [4.78, 5) is 25.3. The number of phenolic OH excluding ortho intramolecular Hbond substituents is 1. The van der Waals surface area contributed by atoms with Crippen molar-refractivity contribution in [3.05, 3.63) is 29.8 Å². The molecule has 0 aliphatic heterocycles. The first kappa shape index (κ1) is 15.0. The molecule has 1 rings (SSSR count). The Morgan fingerprint density at radius 1 is 1.21 bits per heavy atom. The van der Waals surface area contributed by atoms with E-state index in [1.54, 1.807) is 11.8 Å². The fraction of sp³-hybridized carbons (Fsp3) is 0.429. The molecule has 0 aliphatic rings. The van der Waals surface area contributed by atoms with Crippen molar-refractivity contribution in [1.82, 2.24) is 4.90 Å². The normalized spacial score (nSPS) is 11.7. The van der Waals surface area contributed by atoms with Gasteiger partial charge in [-0.25, -0.2) is 4.79 Å². The van der Waals surface area contributed by atoms with Crippen LogP contribution in [0.15, 0.2) is 24.3 Å². The molecule has 0 heterocycles. The van der Waals surface area contributed by atoms with Gasteiger partial charge in [-0.15, -0.1) is 0 Å². The molecule has 5 heteroatoms. The average Bonchev–Trinajstić information content (AvgIpc) is 2.40. The van der Waals surface area contributed by atoms with Crippen molar-refractivity contribution in [2.75, 3.05) is 13.1 Å². The average molecular weight is 265 g/mol. The Kier molecular flexibility index (Phi) is 5.36. The van der Waals surface area contributed by atoms with E-state index in [0.29, 0.717) is 18.7 Å². The molecule has 0 unspecified atom stereocenters. The van der Waals surface area contributed by atoms with E-state index in [2.05, 4.69) is 0 Å². The Hall–Kier alpha value is -2.04. The highest BCUT2D eigenvalue weighted by Gasteiger charge is 2.22. The fourth-order valence-electron chi connectivity index (χ4n) is 1.67. The molecule has 0 aromatic heterocycles. The zero-order valence-corrected chi connectivity index (χ0v) is 11.4. The van der Waals surface area contributed by atoms with Gasteiger partial charge in [-0.2, -0.15) is 0 Å². The minimum Gasteiger partial charge on any atom is -0.508 e. The standard InChI is InChI=1S/C14H19NO4/c1-4-15(5-2)13(17)10(3)19-14(18)11-6-8-12(16)9-7-11/h6-10,16H,4-5H2,1-3H3/t10-/m1/s1. The second kappa shape index (κ2) is 6.78. The molecule has 0 fully saturated rings. The Morgan fingerprint density at radius 3 is 2.21 bits per heavy atom. The lowest BCUT2D eigenvalue weighted by Crippen LogP contribution is -2.39. The van der Waals surface area contributed by atoms with Crippen molar-refractivity contribution >= 4 is 11.9 Å². The van der Waals surface area contributed by atoms with Crippen molar-refractivity contribution in [2.45, 2.75) is 26.9 Å². The van der Waals surface area contributed by atoms with Crippen molar-refractivity contribution < 1.29 is 19.4 Å². The highest BCUT2D eigenvalue weighted by molar-refractivity contribution is 5.92. The summed E-state index contributed by atoms with van der Waals surface area (Å²) >= 11 is 0.